The lowest BCUT2D eigenvalue weighted by Crippen LogP contribution is -2.11. The number of carbonyl (C=O) groups excluding carboxylic acids is 2. The van der Waals surface area contributed by atoms with Crippen molar-refractivity contribution < 1.29 is 19.1 Å². The van der Waals surface area contributed by atoms with Gasteiger partial charge in [-0.05, 0) is 54.6 Å². The molecule has 0 saturated heterocycles. The molecule has 0 saturated carbocycles. The van der Waals surface area contributed by atoms with Crippen LogP contribution >= 0.6 is 0 Å². The van der Waals surface area contributed by atoms with Gasteiger partial charge in [0.05, 0.1) is 11.1 Å². The normalized spacial score (nSPS) is 10.2. The van der Waals surface area contributed by atoms with Crippen LogP contribution in [-0.4, -0.2) is 11.9 Å². The Kier molecular flexibility index (Phi) is 4.85. The predicted molar refractivity (Wildman–Crippen MR) is 98.1 cm³/mol. The van der Waals surface area contributed by atoms with Crippen molar-refractivity contribution in [3.05, 3.63) is 83.9 Å². The molecule has 0 radical (unpaired) electrons. The number of hydrogen-bond donors (Lipinski definition) is 2. The minimum absolute atomic E-state index is 0.230. The van der Waals surface area contributed by atoms with Crippen molar-refractivity contribution in [3.63, 3.8) is 0 Å². The molecule has 3 aromatic carbocycles. The number of hydrogen-bond acceptors (Lipinski definition) is 6. The zero-order chi connectivity index (χ0) is 18.5. The third-order valence-corrected chi connectivity index (χ3v) is 3.50. The lowest BCUT2D eigenvalue weighted by molar-refractivity contribution is 0.0714. The molecular formula is C20H16N2O4. The number of carbonyl (C=O) groups is 2. The summed E-state index contributed by atoms with van der Waals surface area (Å²) in [6.45, 7) is 0. The Bertz CT molecular complexity index is 952. The molecule has 0 aliphatic carbocycles. The highest BCUT2D eigenvalue weighted by molar-refractivity contribution is 5.93. The van der Waals surface area contributed by atoms with Gasteiger partial charge in [0.15, 0.2) is 0 Å². The summed E-state index contributed by atoms with van der Waals surface area (Å²) in [5, 5.41) is 0. The molecule has 0 aromatic heterocycles. The molecule has 0 amide bonds. The van der Waals surface area contributed by atoms with Crippen LogP contribution in [0.4, 0.5) is 11.4 Å². The van der Waals surface area contributed by atoms with E-state index >= 15 is 0 Å². The fourth-order valence-electron chi connectivity index (χ4n) is 2.22. The second-order valence-electron chi connectivity index (χ2n) is 5.50. The van der Waals surface area contributed by atoms with Crippen LogP contribution in [0.3, 0.4) is 0 Å². The zero-order valence-corrected chi connectivity index (χ0v) is 13.7. The quantitative estimate of drug-likeness (QED) is 0.426. The fourth-order valence-corrected chi connectivity index (χ4v) is 2.22. The van der Waals surface area contributed by atoms with E-state index in [-0.39, 0.29) is 11.3 Å². The van der Waals surface area contributed by atoms with Gasteiger partial charge < -0.3 is 20.9 Å². The van der Waals surface area contributed by atoms with Crippen LogP contribution in [0.1, 0.15) is 20.7 Å². The number of benzene rings is 3. The minimum atomic E-state index is -0.582. The molecule has 3 rings (SSSR count). The highest BCUT2D eigenvalue weighted by Gasteiger charge is 2.13. The number of anilines is 2. The maximum atomic E-state index is 12.3. The van der Waals surface area contributed by atoms with E-state index in [4.69, 9.17) is 20.9 Å². The summed E-state index contributed by atoms with van der Waals surface area (Å²) in [4.78, 5) is 24.4. The summed E-state index contributed by atoms with van der Waals surface area (Å²) in [5.74, 6) is -0.569. The van der Waals surface area contributed by atoms with Gasteiger partial charge in [-0.15, -0.1) is 0 Å². The van der Waals surface area contributed by atoms with Gasteiger partial charge in [-0.3, -0.25) is 0 Å². The smallest absolute Gasteiger partial charge is 0.343 e. The van der Waals surface area contributed by atoms with E-state index in [2.05, 4.69) is 0 Å². The molecule has 26 heavy (non-hydrogen) atoms. The Morgan fingerprint density at radius 2 is 1.19 bits per heavy atom. The number of ether oxygens (including phenoxy) is 2. The first kappa shape index (κ1) is 17.0. The Labute approximate surface area is 150 Å². The minimum Gasteiger partial charge on any atom is -0.423 e. The molecule has 0 bridgehead atoms. The Morgan fingerprint density at radius 3 is 1.85 bits per heavy atom. The molecule has 6 heteroatoms. The Morgan fingerprint density at radius 1 is 0.615 bits per heavy atom. The van der Waals surface area contributed by atoms with Crippen LogP contribution in [0, 0.1) is 0 Å². The van der Waals surface area contributed by atoms with Crippen LogP contribution in [0.5, 0.6) is 11.5 Å². The van der Waals surface area contributed by atoms with E-state index in [1.54, 1.807) is 66.7 Å². The third-order valence-electron chi connectivity index (χ3n) is 3.50. The van der Waals surface area contributed by atoms with Crippen molar-refractivity contribution in [2.75, 3.05) is 11.5 Å². The van der Waals surface area contributed by atoms with E-state index in [1.165, 1.54) is 6.07 Å². The molecule has 0 atom stereocenters. The highest BCUT2D eigenvalue weighted by Crippen LogP contribution is 2.19. The van der Waals surface area contributed by atoms with Gasteiger partial charge in [-0.1, -0.05) is 12.1 Å². The van der Waals surface area contributed by atoms with Crippen molar-refractivity contribution in [2.45, 2.75) is 0 Å². The summed E-state index contributed by atoms with van der Waals surface area (Å²) in [6.07, 6.45) is 0. The first-order valence-corrected chi connectivity index (χ1v) is 7.77. The van der Waals surface area contributed by atoms with Crippen molar-refractivity contribution in [1.29, 1.82) is 0 Å². The third kappa shape index (κ3) is 4.18. The van der Waals surface area contributed by atoms with E-state index < -0.39 is 11.9 Å². The van der Waals surface area contributed by atoms with E-state index in [1.807, 2.05) is 0 Å². The summed E-state index contributed by atoms with van der Waals surface area (Å²) in [5.41, 5.74) is 12.9. The van der Waals surface area contributed by atoms with E-state index in [0.29, 0.717) is 22.7 Å². The van der Waals surface area contributed by atoms with E-state index in [0.717, 1.165) is 0 Å². The summed E-state index contributed by atoms with van der Waals surface area (Å²) < 4.78 is 10.6. The van der Waals surface area contributed by atoms with Crippen LogP contribution in [-0.2, 0) is 0 Å². The Hall–Kier alpha value is -3.80. The molecule has 0 unspecified atom stereocenters. The molecule has 130 valence electrons. The van der Waals surface area contributed by atoms with Crippen LogP contribution in [0.15, 0.2) is 72.8 Å². The first-order valence-electron chi connectivity index (χ1n) is 7.77. The fraction of sp³-hybridized carbons (Fsp3) is 0. The zero-order valence-electron chi connectivity index (χ0n) is 13.7. The number of rotatable bonds is 4. The highest BCUT2D eigenvalue weighted by atomic mass is 16.5. The second kappa shape index (κ2) is 7.40. The second-order valence-corrected chi connectivity index (χ2v) is 5.50. The van der Waals surface area contributed by atoms with Crippen molar-refractivity contribution in [1.82, 2.24) is 0 Å². The monoisotopic (exact) mass is 348 g/mol. The van der Waals surface area contributed by atoms with Gasteiger partial charge in [-0.25, -0.2) is 9.59 Å². The molecular weight excluding hydrogens is 332 g/mol. The topological polar surface area (TPSA) is 105 Å². The number of esters is 2. The number of nitrogen functional groups attached to an aromatic ring is 2. The lowest BCUT2D eigenvalue weighted by atomic mass is 10.2. The van der Waals surface area contributed by atoms with Crippen molar-refractivity contribution in [2.24, 2.45) is 0 Å². The standard InChI is InChI=1S/C20H16N2O4/c21-15-9-7-13(8-10-15)19(23)25-17-5-1-3-14(11-17)20(24)26-18-6-2-4-16(22)12-18/h1-12H,21-22H2. The average molecular weight is 348 g/mol. The molecule has 0 spiro atoms. The molecule has 3 aromatic rings. The maximum Gasteiger partial charge on any atom is 0.343 e. The molecule has 0 fully saturated rings. The van der Waals surface area contributed by atoms with E-state index in [9.17, 15) is 9.59 Å². The predicted octanol–water partition coefficient (Wildman–Crippen LogP) is 3.29. The lowest BCUT2D eigenvalue weighted by Gasteiger charge is -2.08. The molecule has 4 N–H and O–H groups in total. The average Bonchev–Trinajstić information content (AvgIpc) is 2.62. The van der Waals surface area contributed by atoms with Gasteiger partial charge in [-0.2, -0.15) is 0 Å². The molecule has 0 aliphatic rings. The molecule has 6 nitrogen and oxygen atoms in total. The van der Waals surface area contributed by atoms with Gasteiger partial charge in [0, 0.05) is 17.4 Å². The molecule has 0 heterocycles. The van der Waals surface area contributed by atoms with Crippen molar-refractivity contribution >= 4 is 23.3 Å². The van der Waals surface area contributed by atoms with Gasteiger partial charge in [0.2, 0.25) is 0 Å². The van der Waals surface area contributed by atoms with Crippen LogP contribution in [0.2, 0.25) is 0 Å². The number of nitrogens with two attached hydrogens (primary N) is 2. The summed E-state index contributed by atoms with van der Waals surface area (Å²) >= 11 is 0. The largest absolute Gasteiger partial charge is 0.423 e. The SMILES string of the molecule is Nc1ccc(C(=O)Oc2cccc(C(=O)Oc3cccc(N)c3)c2)cc1. The van der Waals surface area contributed by atoms with Gasteiger partial charge in [0.1, 0.15) is 11.5 Å². The maximum absolute atomic E-state index is 12.3. The Balaban J connectivity index is 1.72. The van der Waals surface area contributed by atoms with Crippen LogP contribution < -0.4 is 20.9 Å². The van der Waals surface area contributed by atoms with Gasteiger partial charge in [0.25, 0.3) is 0 Å². The van der Waals surface area contributed by atoms with Crippen LogP contribution in [0.25, 0.3) is 0 Å². The van der Waals surface area contributed by atoms with Gasteiger partial charge >= 0.3 is 11.9 Å². The van der Waals surface area contributed by atoms with Crippen molar-refractivity contribution in [3.8, 4) is 11.5 Å². The summed E-state index contributed by atoms with van der Waals surface area (Å²) in [6, 6.07) is 19.1. The first-order chi connectivity index (χ1) is 12.5. The summed E-state index contributed by atoms with van der Waals surface area (Å²) in [7, 11) is 0. The molecule has 0 aliphatic heterocycles.